The van der Waals surface area contributed by atoms with E-state index in [2.05, 4.69) is 9.97 Å². The third-order valence-corrected chi connectivity index (χ3v) is 4.57. The molecular formula is C19H11N3O2. The topological polar surface area (TPSA) is 64.8 Å². The first-order chi connectivity index (χ1) is 11.7. The van der Waals surface area contributed by atoms with Crippen LogP contribution in [0.3, 0.4) is 0 Å². The van der Waals surface area contributed by atoms with Crippen LogP contribution < -0.4 is 5.43 Å². The number of aromatic nitrogens is 3. The molecule has 0 aliphatic heterocycles. The Morgan fingerprint density at radius 1 is 0.958 bits per heavy atom. The molecule has 3 aromatic heterocycles. The number of carbonyl (C=O) groups is 1. The first-order valence-electron chi connectivity index (χ1n) is 7.59. The Kier molecular flexibility index (Phi) is 2.38. The van der Waals surface area contributed by atoms with E-state index < -0.39 is 0 Å². The van der Waals surface area contributed by atoms with E-state index in [9.17, 15) is 9.59 Å². The molecule has 24 heavy (non-hydrogen) atoms. The van der Waals surface area contributed by atoms with Crippen LogP contribution in [0.1, 0.15) is 16.1 Å². The van der Waals surface area contributed by atoms with Crippen LogP contribution in [-0.2, 0) is 7.05 Å². The summed E-state index contributed by atoms with van der Waals surface area (Å²) in [6, 6.07) is 11.0. The standard InChI is InChI=1S/C19H11N3O2/c1-22-9-7-13(23)15-18(22)16-14-11(6-8-20-16)10-4-2-3-5-12(10)21-17(14)19(15)24/h2-9H,1H3. The maximum absolute atomic E-state index is 13.0. The third-order valence-electron chi connectivity index (χ3n) is 4.57. The van der Waals surface area contributed by atoms with Crippen molar-refractivity contribution in [3.05, 3.63) is 70.3 Å². The normalized spacial score (nSPS) is 12.6. The van der Waals surface area contributed by atoms with E-state index in [1.807, 2.05) is 37.4 Å². The average molecular weight is 313 g/mol. The molecule has 5 nitrogen and oxygen atoms in total. The van der Waals surface area contributed by atoms with E-state index in [-0.39, 0.29) is 16.8 Å². The summed E-state index contributed by atoms with van der Waals surface area (Å²) in [7, 11) is 1.81. The van der Waals surface area contributed by atoms with Crippen molar-refractivity contribution in [2.75, 3.05) is 0 Å². The molecular weight excluding hydrogens is 302 g/mol. The Bertz CT molecular complexity index is 1250. The summed E-state index contributed by atoms with van der Waals surface area (Å²) < 4.78 is 1.77. The number of carbonyl (C=O) groups excluding carboxylic acids is 1. The van der Waals surface area contributed by atoms with Gasteiger partial charge in [-0.25, -0.2) is 4.98 Å². The quantitative estimate of drug-likeness (QED) is 0.412. The number of fused-ring (bicyclic) bond motifs is 4. The zero-order chi connectivity index (χ0) is 16.4. The third kappa shape index (κ3) is 1.48. The van der Waals surface area contributed by atoms with Crippen molar-refractivity contribution in [1.29, 1.82) is 0 Å². The molecule has 0 saturated heterocycles. The minimum absolute atomic E-state index is 0.148. The van der Waals surface area contributed by atoms with Crippen LogP contribution in [0.2, 0.25) is 0 Å². The second-order valence-electron chi connectivity index (χ2n) is 5.90. The molecule has 0 radical (unpaired) electrons. The van der Waals surface area contributed by atoms with E-state index in [0.29, 0.717) is 17.1 Å². The Morgan fingerprint density at radius 3 is 2.67 bits per heavy atom. The molecule has 114 valence electrons. The molecule has 5 heteroatoms. The number of aryl methyl sites for hydroxylation is 1. The molecule has 4 aromatic rings. The van der Waals surface area contributed by atoms with Gasteiger partial charge in [-0.05, 0) is 17.5 Å². The highest BCUT2D eigenvalue weighted by Gasteiger charge is 2.31. The number of rotatable bonds is 0. The zero-order valence-corrected chi connectivity index (χ0v) is 12.8. The molecule has 3 heterocycles. The van der Waals surface area contributed by atoms with Crippen LogP contribution in [0.25, 0.3) is 33.1 Å². The van der Waals surface area contributed by atoms with Gasteiger partial charge in [-0.2, -0.15) is 0 Å². The number of hydrogen-bond acceptors (Lipinski definition) is 4. The van der Waals surface area contributed by atoms with Crippen molar-refractivity contribution in [3.63, 3.8) is 0 Å². The molecule has 0 fully saturated rings. The first kappa shape index (κ1) is 13.1. The van der Waals surface area contributed by atoms with Crippen LogP contribution in [0.4, 0.5) is 0 Å². The lowest BCUT2D eigenvalue weighted by molar-refractivity contribution is 0.103. The molecule has 0 atom stereocenters. The SMILES string of the molecule is Cn1ccc(=O)c2c1-c1nccc3c1c(nc1ccccc13)C2=O. The van der Waals surface area contributed by atoms with Crippen LogP contribution in [0, 0.1) is 0 Å². The Balaban J connectivity index is 2.11. The molecule has 0 spiro atoms. The second-order valence-corrected chi connectivity index (χ2v) is 5.90. The number of hydrogen-bond donors (Lipinski definition) is 0. The molecule has 0 N–H and O–H groups in total. The van der Waals surface area contributed by atoms with E-state index in [4.69, 9.17) is 0 Å². The molecule has 1 aliphatic rings. The zero-order valence-electron chi connectivity index (χ0n) is 12.8. The van der Waals surface area contributed by atoms with E-state index in [1.165, 1.54) is 6.07 Å². The fourth-order valence-corrected chi connectivity index (χ4v) is 3.50. The van der Waals surface area contributed by atoms with Gasteiger partial charge in [0.2, 0.25) is 5.78 Å². The number of benzene rings is 1. The van der Waals surface area contributed by atoms with Gasteiger partial charge >= 0.3 is 0 Å². The van der Waals surface area contributed by atoms with Crippen molar-refractivity contribution in [3.8, 4) is 11.4 Å². The van der Waals surface area contributed by atoms with Crippen molar-refractivity contribution in [2.24, 2.45) is 7.05 Å². The number of nitrogens with zero attached hydrogens (tertiary/aromatic N) is 3. The van der Waals surface area contributed by atoms with Gasteiger partial charge in [0.25, 0.3) is 0 Å². The number of pyridine rings is 3. The fourth-order valence-electron chi connectivity index (χ4n) is 3.50. The predicted molar refractivity (Wildman–Crippen MR) is 91.2 cm³/mol. The first-order valence-corrected chi connectivity index (χ1v) is 7.59. The van der Waals surface area contributed by atoms with E-state index in [1.54, 1.807) is 17.0 Å². The minimum atomic E-state index is -0.331. The lowest BCUT2D eigenvalue weighted by atomic mass is 9.90. The number of ketones is 1. The summed E-state index contributed by atoms with van der Waals surface area (Å²) in [4.78, 5) is 34.4. The van der Waals surface area contributed by atoms with Gasteiger partial charge in [-0.15, -0.1) is 0 Å². The minimum Gasteiger partial charge on any atom is -0.348 e. The lowest BCUT2D eigenvalue weighted by Gasteiger charge is -2.20. The van der Waals surface area contributed by atoms with Crippen molar-refractivity contribution in [1.82, 2.24) is 14.5 Å². The maximum Gasteiger partial charge on any atom is 0.218 e. The fraction of sp³-hybridized carbons (Fsp3) is 0.0526. The van der Waals surface area contributed by atoms with Gasteiger partial charge < -0.3 is 4.57 Å². The van der Waals surface area contributed by atoms with E-state index in [0.717, 1.165) is 21.7 Å². The molecule has 1 aromatic carbocycles. The summed E-state index contributed by atoms with van der Waals surface area (Å²) >= 11 is 0. The van der Waals surface area contributed by atoms with Crippen LogP contribution >= 0.6 is 0 Å². The smallest absolute Gasteiger partial charge is 0.218 e. The van der Waals surface area contributed by atoms with E-state index >= 15 is 0 Å². The van der Waals surface area contributed by atoms with Gasteiger partial charge in [0.15, 0.2) is 5.43 Å². The summed E-state index contributed by atoms with van der Waals surface area (Å²) in [6.07, 6.45) is 3.37. The van der Waals surface area contributed by atoms with Gasteiger partial charge in [0, 0.05) is 36.3 Å². The maximum atomic E-state index is 13.0. The molecule has 5 rings (SSSR count). The average Bonchev–Trinajstić information content (AvgIpc) is 2.61. The van der Waals surface area contributed by atoms with Gasteiger partial charge in [0.1, 0.15) is 5.69 Å². The molecule has 0 bridgehead atoms. The largest absolute Gasteiger partial charge is 0.348 e. The van der Waals surface area contributed by atoms with Crippen LogP contribution in [-0.4, -0.2) is 20.3 Å². The summed E-state index contributed by atoms with van der Waals surface area (Å²) in [5.41, 5.74) is 2.09. The summed E-state index contributed by atoms with van der Waals surface area (Å²) in [5, 5.41) is 2.61. The Labute approximate surface area is 136 Å². The lowest BCUT2D eigenvalue weighted by Crippen LogP contribution is -2.24. The van der Waals surface area contributed by atoms with Gasteiger partial charge in [-0.3, -0.25) is 14.6 Å². The Hall–Kier alpha value is -3.34. The summed E-state index contributed by atoms with van der Waals surface area (Å²) in [5.74, 6) is -0.331. The van der Waals surface area contributed by atoms with Crippen molar-refractivity contribution >= 4 is 27.5 Å². The molecule has 1 aliphatic carbocycles. The highest BCUT2D eigenvalue weighted by molar-refractivity contribution is 6.27. The van der Waals surface area contributed by atoms with Crippen LogP contribution in [0.15, 0.2) is 53.6 Å². The predicted octanol–water partition coefficient (Wildman–Crippen LogP) is 2.69. The van der Waals surface area contributed by atoms with Crippen molar-refractivity contribution in [2.45, 2.75) is 0 Å². The second kappa shape index (κ2) is 4.35. The van der Waals surface area contributed by atoms with Gasteiger partial charge in [0.05, 0.1) is 22.5 Å². The molecule has 0 unspecified atom stereocenters. The highest BCUT2D eigenvalue weighted by Crippen LogP contribution is 2.38. The monoisotopic (exact) mass is 313 g/mol. The van der Waals surface area contributed by atoms with Crippen molar-refractivity contribution < 1.29 is 4.79 Å². The van der Waals surface area contributed by atoms with Gasteiger partial charge in [-0.1, -0.05) is 18.2 Å². The highest BCUT2D eigenvalue weighted by atomic mass is 16.1. The van der Waals surface area contributed by atoms with Crippen LogP contribution in [0.5, 0.6) is 0 Å². The molecule has 0 amide bonds. The number of para-hydroxylation sites is 1. The summed E-state index contributed by atoms with van der Waals surface area (Å²) in [6.45, 7) is 0. The molecule has 0 saturated carbocycles. The Morgan fingerprint density at radius 2 is 1.79 bits per heavy atom.